The Morgan fingerprint density at radius 2 is 1.67 bits per heavy atom. The van der Waals surface area contributed by atoms with E-state index in [1.807, 2.05) is 16.5 Å². The van der Waals surface area contributed by atoms with E-state index in [1.54, 1.807) is 11.3 Å². The number of rotatable bonds is 5. The summed E-state index contributed by atoms with van der Waals surface area (Å²) in [6, 6.07) is 8.71. The number of hydrogen-bond acceptors (Lipinski definition) is 4. The van der Waals surface area contributed by atoms with Crippen LogP contribution in [-0.4, -0.2) is 42.1 Å². The predicted octanol–water partition coefficient (Wildman–Crippen LogP) is 4.50. The molecule has 5 nitrogen and oxygen atoms in total. The van der Waals surface area contributed by atoms with Crippen molar-refractivity contribution in [3.05, 3.63) is 47.0 Å². The van der Waals surface area contributed by atoms with Gasteiger partial charge in [0.15, 0.2) is 5.13 Å². The van der Waals surface area contributed by atoms with Crippen LogP contribution >= 0.6 is 11.3 Å². The van der Waals surface area contributed by atoms with Gasteiger partial charge in [-0.3, -0.25) is 0 Å². The lowest BCUT2D eigenvalue weighted by atomic mass is 9.93. The van der Waals surface area contributed by atoms with Gasteiger partial charge in [-0.05, 0) is 23.0 Å². The van der Waals surface area contributed by atoms with Crippen molar-refractivity contribution in [3.8, 4) is 0 Å². The maximum Gasteiger partial charge on any atom is 0.318 e. The molecule has 1 aromatic carbocycles. The maximum atomic E-state index is 12.8. The lowest BCUT2D eigenvalue weighted by Gasteiger charge is -2.36. The van der Waals surface area contributed by atoms with Gasteiger partial charge in [-0.25, -0.2) is 9.78 Å². The largest absolute Gasteiger partial charge is 0.345 e. The van der Waals surface area contributed by atoms with Gasteiger partial charge in [0.05, 0.1) is 6.04 Å². The zero-order valence-electron chi connectivity index (χ0n) is 16.7. The number of carbonyl (C=O) groups excluding carboxylic acids is 1. The fourth-order valence-electron chi connectivity index (χ4n) is 3.42. The Morgan fingerprint density at radius 1 is 1.04 bits per heavy atom. The van der Waals surface area contributed by atoms with Crippen molar-refractivity contribution < 1.29 is 4.79 Å². The third-order valence-corrected chi connectivity index (χ3v) is 6.00. The second kappa shape index (κ2) is 8.74. The summed E-state index contributed by atoms with van der Waals surface area (Å²) in [5.74, 6) is 0.843. The first-order valence-electron chi connectivity index (χ1n) is 9.75. The van der Waals surface area contributed by atoms with Crippen molar-refractivity contribution in [1.29, 1.82) is 0 Å². The van der Waals surface area contributed by atoms with Crippen molar-refractivity contribution in [3.63, 3.8) is 0 Å². The molecule has 3 rings (SSSR count). The molecule has 2 amide bonds. The minimum absolute atomic E-state index is 0.0238. The van der Waals surface area contributed by atoms with E-state index in [9.17, 15) is 4.79 Å². The van der Waals surface area contributed by atoms with E-state index >= 15 is 0 Å². The highest BCUT2D eigenvalue weighted by Crippen LogP contribution is 2.25. The van der Waals surface area contributed by atoms with Gasteiger partial charge in [-0.15, -0.1) is 11.3 Å². The molecular weight excluding hydrogens is 356 g/mol. The monoisotopic (exact) mass is 386 g/mol. The molecule has 1 aliphatic rings. The number of aromatic nitrogens is 1. The van der Waals surface area contributed by atoms with Crippen LogP contribution in [0.1, 0.15) is 50.8 Å². The Bertz CT molecular complexity index is 719. The van der Waals surface area contributed by atoms with E-state index < -0.39 is 0 Å². The summed E-state index contributed by atoms with van der Waals surface area (Å²) >= 11 is 1.65. The van der Waals surface area contributed by atoms with Gasteiger partial charge in [-0.2, -0.15) is 0 Å². The highest BCUT2D eigenvalue weighted by atomic mass is 32.1. The number of nitrogens with one attached hydrogen (secondary N) is 1. The summed E-state index contributed by atoms with van der Waals surface area (Å²) in [6.45, 7) is 11.8. The molecule has 0 aliphatic carbocycles. The fraction of sp³-hybridized carbons (Fsp3) is 0.524. The van der Waals surface area contributed by atoms with Crippen molar-refractivity contribution in [2.24, 2.45) is 5.92 Å². The Morgan fingerprint density at radius 3 is 2.19 bits per heavy atom. The van der Waals surface area contributed by atoms with E-state index in [2.05, 4.69) is 67.2 Å². The number of amides is 2. The molecule has 2 heterocycles. The third-order valence-electron chi connectivity index (χ3n) is 5.16. The smallest absolute Gasteiger partial charge is 0.318 e. The number of hydrogen-bond donors (Lipinski definition) is 1. The normalized spacial score (nSPS) is 16.1. The molecule has 1 atom stereocenters. The maximum absolute atomic E-state index is 12.8. The summed E-state index contributed by atoms with van der Waals surface area (Å²) in [4.78, 5) is 21.4. The molecule has 1 saturated heterocycles. The summed E-state index contributed by atoms with van der Waals surface area (Å²) in [5.41, 5.74) is 2.50. The Kier molecular flexibility index (Phi) is 6.37. The van der Waals surface area contributed by atoms with Gasteiger partial charge in [0.1, 0.15) is 0 Å². The lowest BCUT2D eigenvalue weighted by Crippen LogP contribution is -2.52. The van der Waals surface area contributed by atoms with E-state index in [0.29, 0.717) is 11.8 Å². The van der Waals surface area contributed by atoms with Crippen molar-refractivity contribution in [2.75, 3.05) is 31.1 Å². The summed E-state index contributed by atoms with van der Waals surface area (Å²) in [6.07, 6.45) is 1.83. The summed E-state index contributed by atoms with van der Waals surface area (Å²) < 4.78 is 0. The first-order valence-corrected chi connectivity index (χ1v) is 10.6. The Balaban J connectivity index is 1.60. The van der Waals surface area contributed by atoms with Crippen molar-refractivity contribution in [1.82, 2.24) is 15.2 Å². The minimum Gasteiger partial charge on any atom is -0.345 e. The molecule has 0 bridgehead atoms. The molecule has 0 spiro atoms. The van der Waals surface area contributed by atoms with Crippen LogP contribution in [0.3, 0.4) is 0 Å². The number of urea groups is 1. The second-order valence-electron chi connectivity index (χ2n) is 7.78. The van der Waals surface area contributed by atoms with Crippen LogP contribution in [0, 0.1) is 5.92 Å². The first-order chi connectivity index (χ1) is 13.0. The Hall–Kier alpha value is -2.08. The average Bonchev–Trinajstić information content (AvgIpc) is 3.20. The zero-order chi connectivity index (χ0) is 19.4. The van der Waals surface area contributed by atoms with Crippen LogP contribution < -0.4 is 10.2 Å². The van der Waals surface area contributed by atoms with Crippen molar-refractivity contribution >= 4 is 22.5 Å². The van der Waals surface area contributed by atoms with Gasteiger partial charge >= 0.3 is 6.03 Å². The molecule has 146 valence electrons. The number of anilines is 1. The first kappa shape index (κ1) is 19.7. The van der Waals surface area contributed by atoms with Crippen molar-refractivity contribution in [2.45, 2.75) is 39.7 Å². The lowest BCUT2D eigenvalue weighted by molar-refractivity contribution is 0.186. The Labute approximate surface area is 166 Å². The number of thiazole rings is 1. The molecule has 0 radical (unpaired) electrons. The van der Waals surface area contributed by atoms with Crippen LogP contribution in [0.15, 0.2) is 35.8 Å². The van der Waals surface area contributed by atoms with Gasteiger partial charge in [0.25, 0.3) is 0 Å². The third kappa shape index (κ3) is 4.80. The van der Waals surface area contributed by atoms with Crippen LogP contribution in [-0.2, 0) is 0 Å². The molecule has 27 heavy (non-hydrogen) atoms. The number of piperazine rings is 1. The van der Waals surface area contributed by atoms with E-state index in [0.717, 1.165) is 31.3 Å². The fourth-order valence-corrected chi connectivity index (χ4v) is 4.12. The van der Waals surface area contributed by atoms with E-state index in [4.69, 9.17) is 0 Å². The minimum atomic E-state index is 0.0238. The van der Waals surface area contributed by atoms with Crippen LogP contribution in [0.5, 0.6) is 0 Å². The van der Waals surface area contributed by atoms with E-state index in [1.165, 1.54) is 11.1 Å². The number of carbonyl (C=O) groups is 1. The summed E-state index contributed by atoms with van der Waals surface area (Å²) in [7, 11) is 0. The van der Waals surface area contributed by atoms with Gasteiger partial charge < -0.3 is 15.1 Å². The molecule has 0 saturated carbocycles. The van der Waals surface area contributed by atoms with Crippen LogP contribution in [0.4, 0.5) is 9.93 Å². The highest BCUT2D eigenvalue weighted by molar-refractivity contribution is 7.13. The number of nitrogens with zero attached hydrogens (tertiary/aromatic N) is 3. The SMILES string of the molecule is CC(C)c1ccc([C@H](NC(=O)N2CCN(c3nccs3)CC2)C(C)C)cc1. The molecular formula is C21H30N4OS. The topological polar surface area (TPSA) is 48.5 Å². The van der Waals surface area contributed by atoms with E-state index in [-0.39, 0.29) is 12.1 Å². The summed E-state index contributed by atoms with van der Waals surface area (Å²) in [5, 5.41) is 6.29. The van der Waals surface area contributed by atoms with Crippen LogP contribution in [0.2, 0.25) is 0 Å². The number of benzene rings is 1. The standard InChI is InChI=1S/C21H30N4OS/c1-15(2)17-5-7-18(8-6-17)19(16(3)4)23-20(26)24-10-12-25(13-11-24)21-22-9-14-27-21/h5-9,14-16,19H,10-13H2,1-4H3,(H,23,26)/t19-/m1/s1. The molecule has 6 heteroatoms. The van der Waals surface area contributed by atoms with Gasteiger partial charge in [-0.1, -0.05) is 52.0 Å². The molecule has 1 aromatic heterocycles. The molecule has 1 N–H and O–H groups in total. The molecule has 2 aromatic rings. The quantitative estimate of drug-likeness (QED) is 0.823. The van der Waals surface area contributed by atoms with Gasteiger partial charge in [0.2, 0.25) is 0 Å². The molecule has 1 fully saturated rings. The van der Waals surface area contributed by atoms with Crippen LogP contribution in [0.25, 0.3) is 0 Å². The average molecular weight is 387 g/mol. The zero-order valence-corrected chi connectivity index (χ0v) is 17.5. The van der Waals surface area contributed by atoms with Gasteiger partial charge in [0, 0.05) is 37.8 Å². The second-order valence-corrected chi connectivity index (χ2v) is 8.65. The highest BCUT2D eigenvalue weighted by Gasteiger charge is 2.25. The molecule has 1 aliphatic heterocycles. The molecule has 0 unspecified atom stereocenters. The predicted molar refractivity (Wildman–Crippen MR) is 113 cm³/mol.